The number of nitrogens with zero attached hydrogens (tertiary/aromatic N) is 1. The number of hydrogen-bond acceptors (Lipinski definition) is 2. The van der Waals surface area contributed by atoms with Crippen LogP contribution in [0.1, 0.15) is 25.3 Å². The van der Waals surface area contributed by atoms with E-state index in [2.05, 4.69) is 6.07 Å². The molecule has 0 amide bonds. The van der Waals surface area contributed by atoms with Crippen molar-refractivity contribution in [3.05, 3.63) is 29.6 Å². The second-order valence-corrected chi connectivity index (χ2v) is 3.74. The van der Waals surface area contributed by atoms with Crippen molar-refractivity contribution in [2.45, 2.75) is 19.8 Å². The highest BCUT2D eigenvalue weighted by molar-refractivity contribution is 5.39. The Hall–Kier alpha value is -1.56. The number of methoxy groups -OCH3 is 1. The van der Waals surface area contributed by atoms with Crippen molar-refractivity contribution in [1.82, 2.24) is 0 Å². The summed E-state index contributed by atoms with van der Waals surface area (Å²) in [4.78, 5) is 0. The Labute approximate surface area is 89.3 Å². The standard InChI is InChI=1S/C12H14FNO/c1-8(2)11(7-14)10-6-9(13)4-5-12(10)15-3/h4-6,8,11H,1-3H3. The molecule has 1 atom stereocenters. The summed E-state index contributed by atoms with van der Waals surface area (Å²) in [5.74, 6) is 0.0182. The van der Waals surface area contributed by atoms with E-state index in [1.54, 1.807) is 6.07 Å². The highest BCUT2D eigenvalue weighted by Crippen LogP contribution is 2.31. The Morgan fingerprint density at radius 2 is 2.07 bits per heavy atom. The summed E-state index contributed by atoms with van der Waals surface area (Å²) in [6.45, 7) is 3.86. The fraction of sp³-hybridized carbons (Fsp3) is 0.417. The van der Waals surface area contributed by atoms with Gasteiger partial charge in [0.05, 0.1) is 19.1 Å². The number of halogens is 1. The number of ether oxygens (including phenoxy) is 1. The van der Waals surface area contributed by atoms with Crippen LogP contribution in [0.25, 0.3) is 0 Å². The average Bonchev–Trinajstić information content (AvgIpc) is 2.18. The normalized spacial score (nSPS) is 12.3. The van der Waals surface area contributed by atoms with Gasteiger partial charge in [-0.3, -0.25) is 0 Å². The molecule has 0 fully saturated rings. The molecule has 0 aliphatic heterocycles. The minimum Gasteiger partial charge on any atom is -0.496 e. The number of rotatable bonds is 3. The van der Waals surface area contributed by atoms with Crippen LogP contribution in [0.4, 0.5) is 4.39 Å². The van der Waals surface area contributed by atoms with Crippen molar-refractivity contribution in [2.24, 2.45) is 5.92 Å². The fourth-order valence-electron chi connectivity index (χ4n) is 1.53. The predicted molar refractivity (Wildman–Crippen MR) is 56.1 cm³/mol. The summed E-state index contributed by atoms with van der Waals surface area (Å²) < 4.78 is 18.2. The van der Waals surface area contributed by atoms with Gasteiger partial charge in [0.25, 0.3) is 0 Å². The van der Waals surface area contributed by atoms with Crippen LogP contribution in [-0.4, -0.2) is 7.11 Å². The van der Waals surface area contributed by atoms with Crippen LogP contribution in [0.15, 0.2) is 18.2 Å². The highest BCUT2D eigenvalue weighted by atomic mass is 19.1. The molecule has 80 valence electrons. The Morgan fingerprint density at radius 3 is 2.53 bits per heavy atom. The van der Waals surface area contributed by atoms with Crippen LogP contribution in [0.2, 0.25) is 0 Å². The molecule has 0 spiro atoms. The van der Waals surface area contributed by atoms with Gasteiger partial charge in [0.1, 0.15) is 11.6 Å². The van der Waals surface area contributed by atoms with Crippen LogP contribution >= 0.6 is 0 Å². The van der Waals surface area contributed by atoms with Crippen molar-refractivity contribution in [2.75, 3.05) is 7.11 Å². The molecular weight excluding hydrogens is 193 g/mol. The van der Waals surface area contributed by atoms with Crippen LogP contribution in [0.3, 0.4) is 0 Å². The van der Waals surface area contributed by atoms with Crippen molar-refractivity contribution < 1.29 is 9.13 Å². The van der Waals surface area contributed by atoms with Gasteiger partial charge in [-0.2, -0.15) is 5.26 Å². The van der Waals surface area contributed by atoms with E-state index in [4.69, 9.17) is 10.00 Å². The van der Waals surface area contributed by atoms with Crippen molar-refractivity contribution in [3.8, 4) is 11.8 Å². The van der Waals surface area contributed by atoms with E-state index in [9.17, 15) is 4.39 Å². The van der Waals surface area contributed by atoms with Gasteiger partial charge in [-0.05, 0) is 24.1 Å². The van der Waals surface area contributed by atoms with Crippen LogP contribution < -0.4 is 4.74 Å². The van der Waals surface area contributed by atoms with E-state index in [0.717, 1.165) is 0 Å². The quantitative estimate of drug-likeness (QED) is 0.763. The molecule has 1 rings (SSSR count). The lowest BCUT2D eigenvalue weighted by Gasteiger charge is -2.16. The van der Waals surface area contributed by atoms with E-state index in [1.165, 1.54) is 19.2 Å². The smallest absolute Gasteiger partial charge is 0.123 e. The molecule has 1 aromatic rings. The lowest BCUT2D eigenvalue weighted by atomic mass is 9.89. The largest absolute Gasteiger partial charge is 0.496 e. The zero-order chi connectivity index (χ0) is 11.4. The molecule has 15 heavy (non-hydrogen) atoms. The number of benzene rings is 1. The van der Waals surface area contributed by atoms with E-state index in [0.29, 0.717) is 11.3 Å². The Balaban J connectivity index is 3.21. The minimum absolute atomic E-state index is 0.130. The first-order chi connectivity index (χ1) is 7.10. The summed E-state index contributed by atoms with van der Waals surface area (Å²) in [5.41, 5.74) is 0.620. The zero-order valence-corrected chi connectivity index (χ0v) is 9.12. The summed E-state index contributed by atoms with van der Waals surface area (Å²) in [5, 5.41) is 9.03. The Bertz CT molecular complexity index is 382. The lowest BCUT2D eigenvalue weighted by Crippen LogP contribution is -2.06. The monoisotopic (exact) mass is 207 g/mol. The molecule has 1 aromatic carbocycles. The van der Waals surface area contributed by atoms with Crippen LogP contribution in [0.5, 0.6) is 5.75 Å². The third-order valence-electron chi connectivity index (χ3n) is 2.33. The summed E-state index contributed by atoms with van der Waals surface area (Å²) >= 11 is 0. The average molecular weight is 207 g/mol. The number of hydrogen-bond donors (Lipinski definition) is 0. The minimum atomic E-state index is -0.341. The molecule has 0 heterocycles. The molecule has 0 aromatic heterocycles. The van der Waals surface area contributed by atoms with Gasteiger partial charge in [0, 0.05) is 5.56 Å². The number of nitriles is 1. The highest BCUT2D eigenvalue weighted by Gasteiger charge is 2.19. The van der Waals surface area contributed by atoms with Gasteiger partial charge < -0.3 is 4.74 Å². The van der Waals surface area contributed by atoms with Crippen LogP contribution in [-0.2, 0) is 0 Å². The van der Waals surface area contributed by atoms with E-state index < -0.39 is 0 Å². The first kappa shape index (κ1) is 11.5. The first-order valence-corrected chi connectivity index (χ1v) is 4.83. The molecule has 0 bridgehead atoms. The molecule has 1 unspecified atom stereocenters. The summed E-state index contributed by atoms with van der Waals surface area (Å²) in [6.07, 6.45) is 0. The van der Waals surface area contributed by atoms with Crippen molar-refractivity contribution >= 4 is 0 Å². The molecule has 3 heteroatoms. The van der Waals surface area contributed by atoms with Gasteiger partial charge in [-0.1, -0.05) is 13.8 Å². The Kier molecular flexibility index (Phi) is 3.68. The van der Waals surface area contributed by atoms with Gasteiger partial charge in [0.15, 0.2) is 0 Å². The lowest BCUT2D eigenvalue weighted by molar-refractivity contribution is 0.402. The Morgan fingerprint density at radius 1 is 1.40 bits per heavy atom. The SMILES string of the molecule is COc1ccc(F)cc1C(C#N)C(C)C. The van der Waals surface area contributed by atoms with Gasteiger partial charge >= 0.3 is 0 Å². The van der Waals surface area contributed by atoms with Crippen LogP contribution in [0, 0.1) is 23.1 Å². The maximum atomic E-state index is 13.1. The first-order valence-electron chi connectivity index (χ1n) is 4.83. The second-order valence-electron chi connectivity index (χ2n) is 3.74. The maximum Gasteiger partial charge on any atom is 0.123 e. The molecule has 0 radical (unpaired) electrons. The van der Waals surface area contributed by atoms with Gasteiger partial charge in [-0.25, -0.2) is 4.39 Å². The summed E-state index contributed by atoms with van der Waals surface area (Å²) in [6, 6.07) is 6.42. The molecule has 0 aliphatic rings. The summed E-state index contributed by atoms with van der Waals surface area (Å²) in [7, 11) is 1.52. The van der Waals surface area contributed by atoms with Gasteiger partial charge in [-0.15, -0.1) is 0 Å². The molecule has 0 saturated heterocycles. The molecular formula is C12H14FNO. The third kappa shape index (κ3) is 2.47. The third-order valence-corrected chi connectivity index (χ3v) is 2.33. The van der Waals surface area contributed by atoms with Crippen molar-refractivity contribution in [1.29, 1.82) is 5.26 Å². The topological polar surface area (TPSA) is 33.0 Å². The van der Waals surface area contributed by atoms with E-state index >= 15 is 0 Å². The maximum absolute atomic E-state index is 13.1. The molecule has 0 N–H and O–H groups in total. The van der Waals surface area contributed by atoms with E-state index in [-0.39, 0.29) is 17.7 Å². The zero-order valence-electron chi connectivity index (χ0n) is 9.12. The molecule has 2 nitrogen and oxygen atoms in total. The van der Waals surface area contributed by atoms with Gasteiger partial charge in [0.2, 0.25) is 0 Å². The molecule has 0 saturated carbocycles. The van der Waals surface area contributed by atoms with E-state index in [1.807, 2.05) is 13.8 Å². The second kappa shape index (κ2) is 4.79. The molecule has 0 aliphatic carbocycles. The fourth-order valence-corrected chi connectivity index (χ4v) is 1.53. The predicted octanol–water partition coefficient (Wildman–Crippen LogP) is 3.10. The van der Waals surface area contributed by atoms with Crippen molar-refractivity contribution in [3.63, 3.8) is 0 Å².